The van der Waals surface area contributed by atoms with Crippen molar-refractivity contribution < 1.29 is 19.0 Å². The monoisotopic (exact) mass is 399 g/mol. The standard InChI is InChI=1S/C22H22ClNO4/c1-4-10-27-20-17(23)11-15(13-19(20)26-5-2)12-18-22(25)28-21(24-18)16-8-6-14(3)7-9-16/h6-9,11-13H,4-5,10H2,1-3H3/b18-12-. The highest BCUT2D eigenvalue weighted by molar-refractivity contribution is 6.32. The third-order valence-corrected chi connectivity index (χ3v) is 4.29. The summed E-state index contributed by atoms with van der Waals surface area (Å²) in [7, 11) is 0. The zero-order valence-corrected chi connectivity index (χ0v) is 16.9. The first kappa shape index (κ1) is 20.0. The van der Waals surface area contributed by atoms with Crippen LogP contribution < -0.4 is 9.47 Å². The third kappa shape index (κ3) is 4.54. The number of esters is 1. The maximum Gasteiger partial charge on any atom is 0.363 e. The Kier molecular flexibility index (Phi) is 6.37. The molecular weight excluding hydrogens is 378 g/mol. The van der Waals surface area contributed by atoms with Gasteiger partial charge in [0, 0.05) is 5.56 Å². The molecule has 0 amide bonds. The van der Waals surface area contributed by atoms with Gasteiger partial charge in [-0.2, -0.15) is 0 Å². The van der Waals surface area contributed by atoms with E-state index in [1.165, 1.54) is 0 Å². The van der Waals surface area contributed by atoms with E-state index in [-0.39, 0.29) is 11.6 Å². The number of halogens is 1. The van der Waals surface area contributed by atoms with Crippen LogP contribution in [0.4, 0.5) is 0 Å². The molecule has 0 unspecified atom stereocenters. The molecule has 0 fully saturated rings. The number of nitrogens with zero attached hydrogens (tertiary/aromatic N) is 1. The Morgan fingerprint density at radius 1 is 1.14 bits per heavy atom. The Morgan fingerprint density at radius 2 is 1.89 bits per heavy atom. The van der Waals surface area contributed by atoms with Crippen molar-refractivity contribution in [3.63, 3.8) is 0 Å². The minimum Gasteiger partial charge on any atom is -0.490 e. The van der Waals surface area contributed by atoms with Gasteiger partial charge in [-0.1, -0.05) is 36.2 Å². The molecule has 0 atom stereocenters. The molecule has 1 aliphatic rings. The van der Waals surface area contributed by atoms with Gasteiger partial charge in [-0.05, 0) is 56.2 Å². The van der Waals surface area contributed by atoms with Crippen LogP contribution in [0.5, 0.6) is 11.5 Å². The second-order valence-corrected chi connectivity index (χ2v) is 6.72. The fourth-order valence-electron chi connectivity index (χ4n) is 2.67. The molecule has 0 saturated heterocycles. The summed E-state index contributed by atoms with van der Waals surface area (Å²) in [6.07, 6.45) is 2.48. The fraction of sp³-hybridized carbons (Fsp3) is 0.273. The Morgan fingerprint density at radius 3 is 2.57 bits per heavy atom. The van der Waals surface area contributed by atoms with E-state index in [4.69, 9.17) is 25.8 Å². The lowest BCUT2D eigenvalue weighted by molar-refractivity contribution is -0.129. The Balaban J connectivity index is 1.93. The molecule has 146 valence electrons. The van der Waals surface area contributed by atoms with Crippen molar-refractivity contribution in [1.82, 2.24) is 0 Å². The number of hydrogen-bond donors (Lipinski definition) is 0. The van der Waals surface area contributed by atoms with Crippen LogP contribution in [0.1, 0.15) is 37.0 Å². The normalized spacial score (nSPS) is 14.8. The summed E-state index contributed by atoms with van der Waals surface area (Å²) in [6.45, 7) is 6.90. The van der Waals surface area contributed by atoms with Crippen LogP contribution in [0.2, 0.25) is 5.02 Å². The third-order valence-electron chi connectivity index (χ3n) is 4.00. The van der Waals surface area contributed by atoms with E-state index >= 15 is 0 Å². The molecule has 28 heavy (non-hydrogen) atoms. The average molecular weight is 400 g/mol. The van der Waals surface area contributed by atoms with Gasteiger partial charge in [0.2, 0.25) is 5.90 Å². The van der Waals surface area contributed by atoms with E-state index in [2.05, 4.69) is 4.99 Å². The van der Waals surface area contributed by atoms with Crippen molar-refractivity contribution in [2.45, 2.75) is 27.2 Å². The summed E-state index contributed by atoms with van der Waals surface area (Å²) >= 11 is 6.38. The van der Waals surface area contributed by atoms with Crippen molar-refractivity contribution in [3.8, 4) is 11.5 Å². The molecule has 1 heterocycles. The first-order chi connectivity index (χ1) is 13.5. The van der Waals surface area contributed by atoms with E-state index in [9.17, 15) is 4.79 Å². The number of carbonyl (C=O) groups excluding carboxylic acids is 1. The highest BCUT2D eigenvalue weighted by Gasteiger charge is 2.24. The number of aliphatic imine (C=N–C) groups is 1. The van der Waals surface area contributed by atoms with Gasteiger partial charge in [-0.3, -0.25) is 0 Å². The minimum absolute atomic E-state index is 0.205. The average Bonchev–Trinajstić information content (AvgIpc) is 3.02. The molecule has 0 bridgehead atoms. The zero-order chi connectivity index (χ0) is 20.1. The quantitative estimate of drug-likeness (QED) is 0.475. The SMILES string of the molecule is CCCOc1c(Cl)cc(/C=C2\N=C(c3ccc(C)cc3)OC2=O)cc1OCC. The van der Waals surface area contributed by atoms with E-state index in [0.29, 0.717) is 35.3 Å². The number of rotatable bonds is 7. The summed E-state index contributed by atoms with van der Waals surface area (Å²) in [5, 5.41) is 0.417. The predicted molar refractivity (Wildman–Crippen MR) is 110 cm³/mol. The molecule has 2 aromatic carbocycles. The van der Waals surface area contributed by atoms with E-state index in [1.54, 1.807) is 18.2 Å². The Labute approximate surface area is 169 Å². The highest BCUT2D eigenvalue weighted by Crippen LogP contribution is 2.37. The topological polar surface area (TPSA) is 57.1 Å². The second-order valence-electron chi connectivity index (χ2n) is 6.31. The maximum atomic E-state index is 12.2. The molecule has 0 aliphatic carbocycles. The van der Waals surface area contributed by atoms with Crippen LogP contribution in [-0.4, -0.2) is 25.1 Å². The number of ether oxygens (including phenoxy) is 3. The molecule has 0 spiro atoms. The minimum atomic E-state index is -0.504. The molecule has 6 heteroatoms. The number of aryl methyl sites for hydroxylation is 1. The van der Waals surface area contributed by atoms with Gasteiger partial charge in [0.15, 0.2) is 17.2 Å². The number of carbonyl (C=O) groups is 1. The smallest absolute Gasteiger partial charge is 0.363 e. The molecule has 0 radical (unpaired) electrons. The van der Waals surface area contributed by atoms with Crippen LogP contribution in [-0.2, 0) is 9.53 Å². The second kappa shape index (κ2) is 8.93. The molecule has 1 aliphatic heterocycles. The molecule has 0 N–H and O–H groups in total. The molecule has 2 aromatic rings. The first-order valence-corrected chi connectivity index (χ1v) is 9.58. The highest BCUT2D eigenvalue weighted by atomic mass is 35.5. The van der Waals surface area contributed by atoms with Gasteiger partial charge in [-0.15, -0.1) is 0 Å². The van der Waals surface area contributed by atoms with Gasteiger partial charge < -0.3 is 14.2 Å². The van der Waals surface area contributed by atoms with Gasteiger partial charge in [0.25, 0.3) is 0 Å². The molecule has 3 rings (SSSR count). The first-order valence-electron chi connectivity index (χ1n) is 9.20. The van der Waals surface area contributed by atoms with Crippen LogP contribution in [0.25, 0.3) is 6.08 Å². The van der Waals surface area contributed by atoms with Crippen LogP contribution in [0, 0.1) is 6.92 Å². The number of hydrogen-bond acceptors (Lipinski definition) is 5. The summed E-state index contributed by atoms with van der Waals surface area (Å²) in [6, 6.07) is 11.1. The van der Waals surface area contributed by atoms with Gasteiger partial charge in [0.05, 0.1) is 18.2 Å². The van der Waals surface area contributed by atoms with Crippen molar-refractivity contribution in [3.05, 3.63) is 63.8 Å². The maximum absolute atomic E-state index is 12.2. The summed E-state index contributed by atoms with van der Waals surface area (Å²) in [5.74, 6) is 0.820. The largest absolute Gasteiger partial charge is 0.490 e. The number of cyclic esters (lactones) is 1. The lowest BCUT2D eigenvalue weighted by atomic mass is 10.1. The molecule has 0 aromatic heterocycles. The van der Waals surface area contributed by atoms with E-state index in [0.717, 1.165) is 17.5 Å². The van der Waals surface area contributed by atoms with Crippen molar-refractivity contribution in [1.29, 1.82) is 0 Å². The lowest BCUT2D eigenvalue weighted by Crippen LogP contribution is -2.05. The summed E-state index contributed by atoms with van der Waals surface area (Å²) in [4.78, 5) is 16.6. The Hall–Kier alpha value is -2.79. The van der Waals surface area contributed by atoms with Crippen molar-refractivity contribution in [2.24, 2.45) is 4.99 Å². The van der Waals surface area contributed by atoms with Gasteiger partial charge in [-0.25, -0.2) is 9.79 Å². The fourth-order valence-corrected chi connectivity index (χ4v) is 2.94. The van der Waals surface area contributed by atoms with Gasteiger partial charge >= 0.3 is 5.97 Å². The molecular formula is C22H22ClNO4. The van der Waals surface area contributed by atoms with Crippen LogP contribution in [0.3, 0.4) is 0 Å². The number of benzene rings is 2. The predicted octanol–water partition coefficient (Wildman–Crippen LogP) is 5.18. The van der Waals surface area contributed by atoms with Gasteiger partial charge in [0.1, 0.15) is 0 Å². The van der Waals surface area contributed by atoms with Crippen LogP contribution >= 0.6 is 11.6 Å². The van der Waals surface area contributed by atoms with Crippen molar-refractivity contribution in [2.75, 3.05) is 13.2 Å². The van der Waals surface area contributed by atoms with E-state index < -0.39 is 5.97 Å². The molecule has 0 saturated carbocycles. The molecule has 5 nitrogen and oxygen atoms in total. The lowest BCUT2D eigenvalue weighted by Gasteiger charge is -2.14. The summed E-state index contributed by atoms with van der Waals surface area (Å²) < 4.78 is 16.7. The van der Waals surface area contributed by atoms with E-state index in [1.807, 2.05) is 45.0 Å². The van der Waals surface area contributed by atoms with Crippen molar-refractivity contribution >= 4 is 29.5 Å². The van der Waals surface area contributed by atoms with Crippen LogP contribution in [0.15, 0.2) is 47.1 Å². The Bertz CT molecular complexity index is 932. The zero-order valence-electron chi connectivity index (χ0n) is 16.1. The summed E-state index contributed by atoms with van der Waals surface area (Å²) in [5.41, 5.74) is 2.75.